The van der Waals surface area contributed by atoms with Gasteiger partial charge in [0.15, 0.2) is 5.76 Å². The molecule has 0 aromatic carbocycles. The lowest BCUT2D eigenvalue weighted by Gasteiger charge is -2.18. The van der Waals surface area contributed by atoms with Gasteiger partial charge in [0.2, 0.25) is 0 Å². The average Bonchev–Trinajstić information content (AvgIpc) is 2.78. The standard InChI is InChI=1S/C11H18N2O3/c1-3-13(6-7-15-2)11(14)10-5-4-9(8-12)16-10/h4-5H,3,6-8,12H2,1-2H3. The van der Waals surface area contributed by atoms with E-state index in [9.17, 15) is 4.79 Å². The van der Waals surface area contributed by atoms with E-state index in [0.29, 0.717) is 37.8 Å². The van der Waals surface area contributed by atoms with Crippen molar-refractivity contribution in [1.82, 2.24) is 4.90 Å². The van der Waals surface area contributed by atoms with Crippen LogP contribution in [-0.2, 0) is 11.3 Å². The van der Waals surface area contributed by atoms with E-state index in [1.165, 1.54) is 0 Å². The van der Waals surface area contributed by atoms with Gasteiger partial charge in [-0.05, 0) is 19.1 Å². The fraction of sp³-hybridized carbons (Fsp3) is 0.545. The Morgan fingerprint density at radius 3 is 2.81 bits per heavy atom. The Bertz CT molecular complexity index is 336. The average molecular weight is 226 g/mol. The second-order valence-electron chi connectivity index (χ2n) is 3.35. The van der Waals surface area contributed by atoms with Crippen LogP contribution in [0.5, 0.6) is 0 Å². The number of nitrogens with zero attached hydrogens (tertiary/aromatic N) is 1. The number of carbonyl (C=O) groups is 1. The van der Waals surface area contributed by atoms with Crippen LogP contribution in [0.4, 0.5) is 0 Å². The largest absolute Gasteiger partial charge is 0.455 e. The zero-order valence-corrected chi connectivity index (χ0v) is 9.73. The maximum absolute atomic E-state index is 11.9. The molecule has 2 N–H and O–H groups in total. The Hall–Kier alpha value is -1.33. The van der Waals surface area contributed by atoms with Crippen molar-refractivity contribution in [3.63, 3.8) is 0 Å². The molecule has 0 radical (unpaired) electrons. The molecule has 0 fully saturated rings. The minimum absolute atomic E-state index is 0.126. The van der Waals surface area contributed by atoms with Crippen molar-refractivity contribution in [2.45, 2.75) is 13.5 Å². The molecule has 5 heteroatoms. The van der Waals surface area contributed by atoms with Crippen LogP contribution < -0.4 is 5.73 Å². The van der Waals surface area contributed by atoms with Crippen LogP contribution in [0.25, 0.3) is 0 Å². The van der Waals surface area contributed by atoms with Crippen LogP contribution in [-0.4, -0.2) is 37.6 Å². The Balaban J connectivity index is 2.66. The van der Waals surface area contributed by atoms with Crippen molar-refractivity contribution in [3.8, 4) is 0 Å². The van der Waals surface area contributed by atoms with Gasteiger partial charge < -0.3 is 19.8 Å². The predicted octanol–water partition coefficient (Wildman–Crippen LogP) is 0.847. The topological polar surface area (TPSA) is 68.7 Å². The fourth-order valence-electron chi connectivity index (χ4n) is 1.36. The Kier molecular flexibility index (Phi) is 5.01. The molecule has 0 bridgehead atoms. The third-order valence-electron chi connectivity index (χ3n) is 2.31. The highest BCUT2D eigenvalue weighted by molar-refractivity contribution is 5.91. The van der Waals surface area contributed by atoms with Crippen molar-refractivity contribution in [2.75, 3.05) is 26.8 Å². The summed E-state index contributed by atoms with van der Waals surface area (Å²) in [4.78, 5) is 13.6. The monoisotopic (exact) mass is 226 g/mol. The summed E-state index contributed by atoms with van der Waals surface area (Å²) in [6.45, 7) is 3.92. The van der Waals surface area contributed by atoms with Gasteiger partial charge in [-0.25, -0.2) is 0 Å². The molecule has 0 aliphatic rings. The van der Waals surface area contributed by atoms with Gasteiger partial charge in [0.05, 0.1) is 13.2 Å². The van der Waals surface area contributed by atoms with Crippen LogP contribution in [0.15, 0.2) is 16.5 Å². The smallest absolute Gasteiger partial charge is 0.289 e. The molecule has 5 nitrogen and oxygen atoms in total. The quantitative estimate of drug-likeness (QED) is 0.780. The van der Waals surface area contributed by atoms with Crippen molar-refractivity contribution >= 4 is 5.91 Å². The molecule has 16 heavy (non-hydrogen) atoms. The molecular formula is C11H18N2O3. The van der Waals surface area contributed by atoms with E-state index in [4.69, 9.17) is 14.9 Å². The number of ether oxygens (including phenoxy) is 1. The summed E-state index contributed by atoms with van der Waals surface area (Å²) in [6.07, 6.45) is 0. The molecule has 0 saturated heterocycles. The number of carbonyl (C=O) groups excluding carboxylic acids is 1. The minimum atomic E-state index is -0.126. The van der Waals surface area contributed by atoms with Crippen molar-refractivity contribution in [3.05, 3.63) is 23.7 Å². The van der Waals surface area contributed by atoms with E-state index in [-0.39, 0.29) is 5.91 Å². The number of methoxy groups -OCH3 is 1. The number of likely N-dealkylation sites (N-methyl/N-ethyl adjacent to an activating group) is 1. The molecule has 1 aromatic heterocycles. The molecule has 90 valence electrons. The number of rotatable bonds is 6. The summed E-state index contributed by atoms with van der Waals surface area (Å²) >= 11 is 0. The highest BCUT2D eigenvalue weighted by atomic mass is 16.5. The summed E-state index contributed by atoms with van der Waals surface area (Å²) in [5.41, 5.74) is 5.41. The number of furan rings is 1. The minimum Gasteiger partial charge on any atom is -0.455 e. The maximum atomic E-state index is 11.9. The van der Waals surface area contributed by atoms with Crippen LogP contribution in [0.3, 0.4) is 0 Å². The van der Waals surface area contributed by atoms with E-state index >= 15 is 0 Å². The van der Waals surface area contributed by atoms with Gasteiger partial charge in [0.1, 0.15) is 5.76 Å². The first-order valence-electron chi connectivity index (χ1n) is 5.29. The van der Waals surface area contributed by atoms with E-state index in [1.54, 1.807) is 24.1 Å². The first kappa shape index (κ1) is 12.7. The molecule has 0 aliphatic carbocycles. The maximum Gasteiger partial charge on any atom is 0.289 e. The lowest BCUT2D eigenvalue weighted by Crippen LogP contribution is -2.33. The van der Waals surface area contributed by atoms with Gasteiger partial charge in [0, 0.05) is 20.2 Å². The first-order chi connectivity index (χ1) is 7.72. The van der Waals surface area contributed by atoms with Crippen molar-refractivity contribution < 1.29 is 13.9 Å². The molecule has 0 unspecified atom stereocenters. The first-order valence-corrected chi connectivity index (χ1v) is 5.29. The van der Waals surface area contributed by atoms with Gasteiger partial charge >= 0.3 is 0 Å². The highest BCUT2D eigenvalue weighted by Gasteiger charge is 2.17. The lowest BCUT2D eigenvalue weighted by molar-refractivity contribution is 0.0674. The summed E-state index contributed by atoms with van der Waals surface area (Å²) in [5.74, 6) is 0.823. The zero-order valence-electron chi connectivity index (χ0n) is 9.73. The Morgan fingerprint density at radius 2 is 2.31 bits per heavy atom. The molecule has 1 amide bonds. The van der Waals surface area contributed by atoms with Gasteiger partial charge in [0.25, 0.3) is 5.91 Å². The molecule has 1 aromatic rings. The lowest BCUT2D eigenvalue weighted by atomic mass is 10.3. The molecule has 0 saturated carbocycles. The van der Waals surface area contributed by atoms with E-state index < -0.39 is 0 Å². The van der Waals surface area contributed by atoms with E-state index in [0.717, 1.165) is 0 Å². The molecule has 1 heterocycles. The van der Waals surface area contributed by atoms with Crippen LogP contribution >= 0.6 is 0 Å². The number of hydrogen-bond acceptors (Lipinski definition) is 4. The van der Waals surface area contributed by atoms with Crippen molar-refractivity contribution in [1.29, 1.82) is 0 Å². The van der Waals surface area contributed by atoms with Gasteiger partial charge in [-0.1, -0.05) is 0 Å². The third-order valence-corrected chi connectivity index (χ3v) is 2.31. The normalized spacial score (nSPS) is 10.4. The molecule has 0 aliphatic heterocycles. The number of hydrogen-bond donors (Lipinski definition) is 1. The van der Waals surface area contributed by atoms with E-state index in [1.807, 2.05) is 6.92 Å². The molecule has 1 rings (SSSR count). The third kappa shape index (κ3) is 3.08. The zero-order chi connectivity index (χ0) is 12.0. The molecular weight excluding hydrogens is 208 g/mol. The van der Waals surface area contributed by atoms with Crippen LogP contribution in [0.2, 0.25) is 0 Å². The van der Waals surface area contributed by atoms with Gasteiger partial charge in [-0.3, -0.25) is 4.79 Å². The summed E-state index contributed by atoms with van der Waals surface area (Å²) < 4.78 is 10.2. The molecule has 0 spiro atoms. The summed E-state index contributed by atoms with van der Waals surface area (Å²) in [6, 6.07) is 3.37. The Labute approximate surface area is 95.2 Å². The fourth-order valence-corrected chi connectivity index (χ4v) is 1.36. The molecule has 0 atom stereocenters. The number of nitrogens with two attached hydrogens (primary N) is 1. The second-order valence-corrected chi connectivity index (χ2v) is 3.35. The van der Waals surface area contributed by atoms with Gasteiger partial charge in [-0.15, -0.1) is 0 Å². The highest BCUT2D eigenvalue weighted by Crippen LogP contribution is 2.10. The van der Waals surface area contributed by atoms with Crippen LogP contribution in [0, 0.1) is 0 Å². The summed E-state index contributed by atoms with van der Waals surface area (Å²) in [7, 11) is 1.61. The number of amides is 1. The SMILES string of the molecule is CCN(CCOC)C(=O)c1ccc(CN)o1. The second kappa shape index (κ2) is 6.30. The Morgan fingerprint density at radius 1 is 1.56 bits per heavy atom. The predicted molar refractivity (Wildman–Crippen MR) is 60.1 cm³/mol. The van der Waals surface area contributed by atoms with E-state index in [2.05, 4.69) is 0 Å². The van der Waals surface area contributed by atoms with Crippen molar-refractivity contribution in [2.24, 2.45) is 5.73 Å². The van der Waals surface area contributed by atoms with Crippen LogP contribution in [0.1, 0.15) is 23.2 Å². The summed E-state index contributed by atoms with van der Waals surface area (Å²) in [5, 5.41) is 0. The van der Waals surface area contributed by atoms with Gasteiger partial charge in [-0.2, -0.15) is 0 Å².